The largest absolute Gasteiger partial charge is 0.384 e. The molecule has 4 rings (SSSR count). The second-order valence-corrected chi connectivity index (χ2v) is 10.3. The second-order valence-electron chi connectivity index (χ2n) is 8.46. The Kier molecular flexibility index (Phi) is 7.55. The number of carbonyl (C=O) groups excluding carboxylic acids is 1. The normalized spacial score (nSPS) is 15.8. The highest BCUT2D eigenvalue weighted by atomic mass is 79.9. The number of aromatic nitrogens is 4. The van der Waals surface area contributed by atoms with E-state index in [2.05, 4.69) is 51.0 Å². The van der Waals surface area contributed by atoms with E-state index >= 15 is 0 Å². The van der Waals surface area contributed by atoms with Gasteiger partial charge < -0.3 is 20.3 Å². The fourth-order valence-corrected chi connectivity index (χ4v) is 5.45. The second kappa shape index (κ2) is 10.4. The minimum absolute atomic E-state index is 0.180. The summed E-state index contributed by atoms with van der Waals surface area (Å²) < 4.78 is 3.03. The molecule has 1 amide bonds. The topological polar surface area (TPSA) is 110 Å². The molecular weight excluding hydrogens is 504 g/mol. The molecule has 0 radical (unpaired) electrons. The summed E-state index contributed by atoms with van der Waals surface area (Å²) in [4.78, 5) is 28.6. The van der Waals surface area contributed by atoms with Crippen LogP contribution in [0.4, 0.5) is 5.82 Å². The summed E-state index contributed by atoms with van der Waals surface area (Å²) in [6, 6.07) is 6.32. The molecule has 3 aliphatic rings. The lowest BCUT2D eigenvalue weighted by molar-refractivity contribution is -0.140. The van der Waals surface area contributed by atoms with Gasteiger partial charge in [0.25, 0.3) is 5.91 Å². The monoisotopic (exact) mass is 532 g/mol. The molecule has 33 heavy (non-hydrogen) atoms. The van der Waals surface area contributed by atoms with Crippen molar-refractivity contribution in [2.75, 3.05) is 18.8 Å². The van der Waals surface area contributed by atoms with Gasteiger partial charge in [-0.2, -0.15) is 0 Å². The average molecular weight is 533 g/mol. The van der Waals surface area contributed by atoms with E-state index in [0.717, 1.165) is 47.4 Å². The van der Waals surface area contributed by atoms with Crippen LogP contribution in [0, 0.1) is 5.92 Å². The van der Waals surface area contributed by atoms with E-state index in [4.69, 9.17) is 10.7 Å². The lowest BCUT2D eigenvalue weighted by atomic mass is 9.93. The Morgan fingerprint density at radius 2 is 2.09 bits per heavy atom. The van der Waals surface area contributed by atoms with Crippen molar-refractivity contribution < 1.29 is 9.90 Å². The number of fused-ring (bicyclic) bond motifs is 1. The fraction of sp³-hybridized carbons (Fsp3) is 0.478. The van der Waals surface area contributed by atoms with Gasteiger partial charge in [-0.1, -0.05) is 13.0 Å². The van der Waals surface area contributed by atoms with Crippen molar-refractivity contribution in [2.24, 2.45) is 5.92 Å². The Morgan fingerprint density at radius 1 is 1.33 bits per heavy atom. The molecule has 1 aromatic rings. The summed E-state index contributed by atoms with van der Waals surface area (Å²) in [5, 5.41) is 10.2. The van der Waals surface area contributed by atoms with Gasteiger partial charge in [-0.3, -0.25) is 4.79 Å². The van der Waals surface area contributed by atoms with E-state index in [1.165, 1.54) is 24.2 Å². The molecule has 0 bridgehead atoms. The number of anilines is 1. The molecule has 0 aromatic heterocycles. The number of aryl methyl sites for hydroxylation is 2. The third-order valence-electron chi connectivity index (χ3n) is 6.14. The summed E-state index contributed by atoms with van der Waals surface area (Å²) in [5.41, 5.74) is 7.99. The summed E-state index contributed by atoms with van der Waals surface area (Å²) in [6.45, 7) is 5.80. The number of carbonyl (C=O) groups is 1. The van der Waals surface area contributed by atoms with Crippen LogP contribution < -0.4 is 5.73 Å². The molecule has 0 saturated carbocycles. The number of nitrogens with zero attached hydrogens (tertiary/aromatic N) is 5. The average Bonchev–Trinajstić information content (AvgIpc) is 3.24. The zero-order valence-electron chi connectivity index (χ0n) is 18.9. The number of hydrogen-bond acceptors (Lipinski definition) is 7. The summed E-state index contributed by atoms with van der Waals surface area (Å²) >= 11 is 5.14. The molecule has 3 aliphatic heterocycles. The Hall–Kier alpha value is -2.17. The summed E-state index contributed by atoms with van der Waals surface area (Å²) in [6.07, 6.45) is 4.59. The van der Waals surface area contributed by atoms with Gasteiger partial charge in [-0.25, -0.2) is 15.0 Å². The Balaban J connectivity index is 1.45. The van der Waals surface area contributed by atoms with Crippen molar-refractivity contribution in [3.63, 3.8) is 0 Å². The van der Waals surface area contributed by atoms with Gasteiger partial charge >= 0.3 is 0 Å². The van der Waals surface area contributed by atoms with Crippen LogP contribution in [0.3, 0.4) is 0 Å². The zero-order chi connectivity index (χ0) is 23.5. The number of nitrogen functional groups attached to an aromatic ring is 1. The third kappa shape index (κ3) is 5.50. The highest BCUT2D eigenvalue weighted by molar-refractivity contribution is 9.10. The molecule has 0 unspecified atom stereocenters. The van der Waals surface area contributed by atoms with Crippen LogP contribution >= 0.6 is 27.7 Å². The van der Waals surface area contributed by atoms with Crippen molar-refractivity contribution in [3.05, 3.63) is 34.6 Å². The quantitative estimate of drug-likeness (QED) is 0.475. The molecule has 3 heterocycles. The number of amides is 1. The summed E-state index contributed by atoms with van der Waals surface area (Å²) in [5.74, 6) is 1.45. The third-order valence-corrected chi connectivity index (χ3v) is 8.02. The number of halogens is 1. The molecule has 0 aliphatic carbocycles. The molecule has 1 atom stereocenters. The van der Waals surface area contributed by atoms with E-state index in [-0.39, 0.29) is 5.91 Å². The van der Waals surface area contributed by atoms with Gasteiger partial charge in [-0.15, -0.1) is 0 Å². The summed E-state index contributed by atoms with van der Waals surface area (Å²) in [7, 11) is 0. The lowest BCUT2D eigenvalue weighted by Gasteiger charge is -2.33. The van der Waals surface area contributed by atoms with Crippen LogP contribution in [-0.2, 0) is 17.8 Å². The molecule has 176 valence electrons. The highest BCUT2D eigenvalue weighted by Gasteiger charge is 2.26. The molecule has 0 spiro atoms. The van der Waals surface area contributed by atoms with E-state index in [0.29, 0.717) is 35.7 Å². The van der Waals surface area contributed by atoms with Crippen LogP contribution in [0.25, 0.3) is 11.5 Å². The molecule has 10 heteroatoms. The first-order chi connectivity index (χ1) is 15.9. The maximum atomic E-state index is 12.0. The van der Waals surface area contributed by atoms with E-state index < -0.39 is 6.10 Å². The molecule has 1 fully saturated rings. The molecule has 1 saturated heterocycles. The first kappa shape index (κ1) is 24.0. The lowest BCUT2D eigenvalue weighted by Crippen LogP contribution is -2.43. The van der Waals surface area contributed by atoms with Crippen LogP contribution in [0.1, 0.15) is 38.7 Å². The van der Waals surface area contributed by atoms with Crippen LogP contribution in [0.2, 0.25) is 0 Å². The van der Waals surface area contributed by atoms with Gasteiger partial charge in [0.15, 0.2) is 22.5 Å². The van der Waals surface area contributed by atoms with E-state index in [1.54, 1.807) is 11.2 Å². The SMILES string of the molecule is CCc1ccc(Br)c(Sc2nc3c(N)ncn(CCC4CCN(C(=O)[C@H](C)O)CC4)c-3n2)c1. The van der Waals surface area contributed by atoms with Gasteiger partial charge in [0.05, 0.1) is 6.33 Å². The van der Waals surface area contributed by atoms with Crippen LogP contribution in [-0.4, -0.2) is 54.6 Å². The number of imidazole rings is 1. The Morgan fingerprint density at radius 3 is 2.79 bits per heavy atom. The van der Waals surface area contributed by atoms with Gasteiger partial charge in [0.2, 0.25) is 0 Å². The number of likely N-dealkylation sites (tertiary alicyclic amines) is 1. The van der Waals surface area contributed by atoms with E-state index in [1.807, 2.05) is 4.57 Å². The number of rotatable bonds is 7. The minimum atomic E-state index is -0.931. The molecule has 8 nitrogen and oxygen atoms in total. The molecule has 1 aromatic carbocycles. The highest BCUT2D eigenvalue weighted by Crippen LogP contribution is 2.36. The number of nitrogens with two attached hydrogens (primary N) is 1. The number of aliphatic hydroxyl groups excluding tert-OH is 1. The standard InChI is InChI=1S/C23H29BrN6O2S/c1-3-15-4-5-17(24)18(12-15)33-23-27-19-20(25)26-13-30(21(19)28-23)11-8-16-6-9-29(10-7-16)22(32)14(2)31/h4-5,12-14,16,31H,3,6-11,25H2,1-2H3/t14-/m0/s1. The fourth-order valence-electron chi connectivity index (χ4n) is 4.12. The van der Waals surface area contributed by atoms with Gasteiger partial charge in [0, 0.05) is 29.0 Å². The van der Waals surface area contributed by atoms with Gasteiger partial charge in [-0.05, 0) is 83.9 Å². The molecular formula is C23H29BrN6O2S. The van der Waals surface area contributed by atoms with E-state index in [9.17, 15) is 9.90 Å². The molecule has 3 N–H and O–H groups in total. The smallest absolute Gasteiger partial charge is 0.251 e. The zero-order valence-corrected chi connectivity index (χ0v) is 21.3. The predicted molar refractivity (Wildman–Crippen MR) is 132 cm³/mol. The number of benzene rings is 1. The van der Waals surface area contributed by atoms with Gasteiger partial charge in [0.1, 0.15) is 6.10 Å². The number of aliphatic hydroxyl groups is 1. The van der Waals surface area contributed by atoms with Crippen LogP contribution in [0.15, 0.2) is 39.1 Å². The minimum Gasteiger partial charge on any atom is -0.384 e. The van der Waals surface area contributed by atoms with Crippen molar-refractivity contribution in [3.8, 4) is 11.5 Å². The van der Waals surface area contributed by atoms with Crippen molar-refractivity contribution >= 4 is 39.4 Å². The predicted octanol–water partition coefficient (Wildman–Crippen LogP) is 3.85. The van der Waals surface area contributed by atoms with Crippen molar-refractivity contribution in [1.82, 2.24) is 24.4 Å². The Bertz CT molecular complexity index is 1100. The van der Waals surface area contributed by atoms with Crippen LogP contribution in [0.5, 0.6) is 0 Å². The van der Waals surface area contributed by atoms with Crippen molar-refractivity contribution in [2.45, 2.75) is 62.2 Å². The van der Waals surface area contributed by atoms with Crippen molar-refractivity contribution in [1.29, 1.82) is 0 Å². The Labute approximate surface area is 206 Å². The number of piperidine rings is 1. The first-order valence-electron chi connectivity index (χ1n) is 11.3. The first-order valence-corrected chi connectivity index (χ1v) is 12.9. The number of hydrogen-bond donors (Lipinski definition) is 2. The maximum absolute atomic E-state index is 12.0. The maximum Gasteiger partial charge on any atom is 0.251 e.